The highest BCUT2D eigenvalue weighted by atomic mass is 19.1. The molecule has 8 heterocycles. The summed E-state index contributed by atoms with van der Waals surface area (Å²) in [6, 6.07) is 1.63. The van der Waals surface area contributed by atoms with Gasteiger partial charge in [0.2, 0.25) is 11.8 Å². The Hall–Kier alpha value is -7.04. The molecule has 23 heteroatoms. The zero-order valence-electron chi connectivity index (χ0n) is 38.6. The van der Waals surface area contributed by atoms with Gasteiger partial charge in [-0.05, 0) is 64.0 Å². The number of likely N-dealkylation sites (tertiary alicyclic amines) is 1. The van der Waals surface area contributed by atoms with Crippen molar-refractivity contribution in [2.45, 2.75) is 70.4 Å². The molecule has 4 aromatic heterocycles. The molecule has 21 nitrogen and oxygen atoms in total. The maximum absolute atomic E-state index is 15.2. The van der Waals surface area contributed by atoms with Gasteiger partial charge in [0.15, 0.2) is 35.5 Å². The lowest BCUT2D eigenvalue weighted by molar-refractivity contribution is -0.136. The van der Waals surface area contributed by atoms with Crippen LogP contribution in [0.1, 0.15) is 70.1 Å². The van der Waals surface area contributed by atoms with Crippen LogP contribution in [-0.4, -0.2) is 158 Å². The number of carbonyl (C=O) groups is 4. The fourth-order valence-electron chi connectivity index (χ4n) is 9.76. The molecule has 4 saturated heterocycles. The number of benzene rings is 1. The van der Waals surface area contributed by atoms with Crippen molar-refractivity contribution in [3.05, 3.63) is 48.2 Å². The summed E-state index contributed by atoms with van der Waals surface area (Å²) in [6.07, 6.45) is 8.34. The van der Waals surface area contributed by atoms with E-state index in [1.807, 2.05) is 13.8 Å². The van der Waals surface area contributed by atoms with Crippen LogP contribution in [0.3, 0.4) is 0 Å². The molecule has 5 aliphatic rings. The second-order valence-corrected chi connectivity index (χ2v) is 18.7. The van der Waals surface area contributed by atoms with Gasteiger partial charge in [-0.15, -0.1) is 0 Å². The number of halogens is 2. The van der Waals surface area contributed by atoms with Crippen molar-refractivity contribution < 1.29 is 37.2 Å². The number of nitrogen functional groups attached to an aromatic ring is 1. The van der Waals surface area contributed by atoms with E-state index in [2.05, 4.69) is 35.6 Å². The molecule has 1 aliphatic carbocycles. The summed E-state index contributed by atoms with van der Waals surface area (Å²) in [4.78, 5) is 77.5. The van der Waals surface area contributed by atoms with E-state index in [-0.39, 0.29) is 54.6 Å². The van der Waals surface area contributed by atoms with E-state index in [1.54, 1.807) is 31.8 Å². The lowest BCUT2D eigenvalue weighted by atomic mass is 9.96. The van der Waals surface area contributed by atoms with E-state index in [0.29, 0.717) is 117 Å². The second-order valence-electron chi connectivity index (χ2n) is 18.7. The maximum Gasteiger partial charge on any atom is 0.410 e. The van der Waals surface area contributed by atoms with Crippen molar-refractivity contribution in [1.29, 1.82) is 0 Å². The van der Waals surface area contributed by atoms with Gasteiger partial charge in [-0.3, -0.25) is 24.6 Å². The number of piperidine rings is 2. The Morgan fingerprint density at radius 3 is 2.23 bits per heavy atom. The number of hydrogen-bond acceptors (Lipinski definition) is 17. The first-order valence-corrected chi connectivity index (χ1v) is 23.7. The van der Waals surface area contributed by atoms with Crippen molar-refractivity contribution in [2.24, 2.45) is 5.92 Å². The summed E-state index contributed by atoms with van der Waals surface area (Å²) < 4.78 is 43.7. The van der Waals surface area contributed by atoms with E-state index in [0.717, 1.165) is 37.9 Å². The first kappa shape index (κ1) is 45.7. The molecular formula is C46H55F2N15O6. The Morgan fingerprint density at radius 2 is 1.57 bits per heavy atom. The number of amides is 4. The molecule has 1 atom stereocenters. The van der Waals surface area contributed by atoms with E-state index in [1.165, 1.54) is 18.5 Å². The highest BCUT2D eigenvalue weighted by molar-refractivity contribution is 6.02. The largest absolute Gasteiger partial charge is 0.439 e. The number of fused-ring (bicyclic) bond motifs is 1. The molecule has 10 rings (SSSR count). The summed E-state index contributed by atoms with van der Waals surface area (Å²) in [5.41, 5.74) is 9.47. The molecule has 4 N–H and O–H groups in total. The first-order valence-electron chi connectivity index (χ1n) is 23.7. The molecular weight excluding hydrogens is 897 g/mol. The van der Waals surface area contributed by atoms with Crippen LogP contribution in [0.5, 0.6) is 0 Å². The van der Waals surface area contributed by atoms with E-state index in [9.17, 15) is 19.2 Å². The van der Waals surface area contributed by atoms with Crippen molar-refractivity contribution in [1.82, 2.24) is 54.9 Å². The third-order valence-corrected chi connectivity index (χ3v) is 13.8. The molecule has 1 unspecified atom stereocenters. The van der Waals surface area contributed by atoms with Crippen LogP contribution in [0.25, 0.3) is 33.8 Å². The van der Waals surface area contributed by atoms with Crippen molar-refractivity contribution in [2.75, 3.05) is 99.4 Å². The first-order chi connectivity index (χ1) is 33.4. The van der Waals surface area contributed by atoms with Crippen molar-refractivity contribution >= 4 is 57.7 Å². The second kappa shape index (κ2) is 19.2. The van der Waals surface area contributed by atoms with Crippen LogP contribution in [0.4, 0.5) is 36.5 Å². The number of anilines is 4. The predicted octanol–water partition coefficient (Wildman–Crippen LogP) is 3.79. The zero-order chi connectivity index (χ0) is 47.9. The lowest BCUT2D eigenvalue weighted by Crippen LogP contribution is -2.50. The lowest BCUT2D eigenvalue weighted by Gasteiger charge is -2.39. The highest BCUT2D eigenvalue weighted by Crippen LogP contribution is 2.48. The van der Waals surface area contributed by atoms with Gasteiger partial charge in [0.1, 0.15) is 35.3 Å². The zero-order valence-corrected chi connectivity index (χ0v) is 38.6. The van der Waals surface area contributed by atoms with Gasteiger partial charge < -0.3 is 39.9 Å². The Balaban J connectivity index is 0.662. The molecule has 1 saturated carbocycles. The normalized spacial score (nSPS) is 19.7. The molecule has 4 aliphatic heterocycles. The molecule has 5 fully saturated rings. The fourth-order valence-corrected chi connectivity index (χ4v) is 9.76. The molecule has 364 valence electrons. The van der Waals surface area contributed by atoms with Crippen LogP contribution in [0.2, 0.25) is 0 Å². The number of piperazine rings is 2. The number of carbonyl (C=O) groups excluding carboxylic acids is 4. The Morgan fingerprint density at radius 1 is 0.870 bits per heavy atom. The van der Waals surface area contributed by atoms with Gasteiger partial charge in [0.05, 0.1) is 29.0 Å². The third-order valence-electron chi connectivity index (χ3n) is 13.8. The number of nitrogens with one attached hydrogen (secondary N) is 2. The van der Waals surface area contributed by atoms with Gasteiger partial charge in [0.25, 0.3) is 5.91 Å². The monoisotopic (exact) mass is 951 g/mol. The number of aromatic nitrogens is 7. The molecule has 4 amide bonds. The minimum absolute atomic E-state index is 0.00323. The molecule has 1 aromatic carbocycles. The molecule has 69 heavy (non-hydrogen) atoms. The highest BCUT2D eigenvalue weighted by Gasteiger charge is 2.37. The van der Waals surface area contributed by atoms with Gasteiger partial charge in [-0.1, -0.05) is 5.16 Å². The van der Waals surface area contributed by atoms with Crippen molar-refractivity contribution in [3.63, 3.8) is 0 Å². The SMILES string of the molecule is CC(C)n1nc(-c2noc(C3CC3)c2-c2ncc(N3CCN(C(=O)OCC(=O)N4CCC(CN5CCN(c6c(F)cc(NC7CCC(=O)NC7=O)cc6F)CC5)CC4)CC3)cn2)c2c(N)ncnc21. The minimum Gasteiger partial charge on any atom is -0.439 e. The van der Waals surface area contributed by atoms with Crippen molar-refractivity contribution in [3.8, 4) is 22.8 Å². The van der Waals surface area contributed by atoms with Crippen LogP contribution < -0.4 is 26.2 Å². The van der Waals surface area contributed by atoms with E-state index in [4.69, 9.17) is 30.1 Å². The number of nitrogens with two attached hydrogens (primary N) is 1. The number of rotatable bonds is 12. The molecule has 0 radical (unpaired) electrons. The summed E-state index contributed by atoms with van der Waals surface area (Å²) in [5, 5.41) is 15.0. The quantitative estimate of drug-likeness (QED) is 0.151. The summed E-state index contributed by atoms with van der Waals surface area (Å²) in [7, 11) is 0. The predicted molar refractivity (Wildman–Crippen MR) is 248 cm³/mol. The van der Waals surface area contributed by atoms with Crippen LogP contribution in [0.15, 0.2) is 35.4 Å². The average Bonchev–Trinajstić information content (AvgIpc) is 3.97. The number of imide groups is 1. The number of nitrogens with zero attached hydrogens (tertiary/aromatic N) is 12. The molecule has 0 spiro atoms. The van der Waals surface area contributed by atoms with Gasteiger partial charge in [0, 0.05) is 96.1 Å². The van der Waals surface area contributed by atoms with Gasteiger partial charge in [-0.2, -0.15) is 5.10 Å². The standard InChI is InChI=1S/C46H55F2N15O6/c1-26(2)63-44-37(42(49)52-25-53-44)38(56-63)39-36(41(69-57-39)28-3-4-28)43-50-21-30(22-51-43)59-15-17-62(18-16-59)46(67)68-24-35(65)60-9-7-27(8-10-60)23-58-11-13-61(14-12-58)40-31(47)19-29(20-32(40)48)54-33-5-6-34(64)55-45(33)66/h19-22,25-28,33,54H,3-18,23-24H2,1-2H3,(H2,49,52,53)(H,55,64,66). The van der Waals surface area contributed by atoms with Crippen LogP contribution in [0, 0.1) is 17.6 Å². The molecule has 0 bridgehead atoms. The number of hydrogen-bond donors (Lipinski definition) is 3. The topological polar surface area (TPSA) is 239 Å². The number of ether oxygens (including phenoxy) is 1. The summed E-state index contributed by atoms with van der Waals surface area (Å²) in [5.74, 6) is -0.534. The van der Waals surface area contributed by atoms with Gasteiger partial charge >= 0.3 is 6.09 Å². The maximum atomic E-state index is 15.2. The Bertz CT molecular complexity index is 2720. The average molecular weight is 952 g/mol. The van der Waals surface area contributed by atoms with Crippen LogP contribution >= 0.6 is 0 Å². The van der Waals surface area contributed by atoms with E-state index >= 15 is 8.78 Å². The minimum atomic E-state index is -0.745. The summed E-state index contributed by atoms with van der Waals surface area (Å²) in [6.45, 7) is 9.58. The third kappa shape index (κ3) is 9.55. The van der Waals surface area contributed by atoms with E-state index < -0.39 is 29.7 Å². The molecule has 5 aromatic rings. The smallest absolute Gasteiger partial charge is 0.410 e. The Labute approximate surface area is 395 Å². The Kier molecular flexibility index (Phi) is 12.7. The fraction of sp³-hybridized carbons (Fsp3) is 0.522. The van der Waals surface area contributed by atoms with Crippen LogP contribution in [-0.2, 0) is 19.1 Å². The summed E-state index contributed by atoms with van der Waals surface area (Å²) >= 11 is 0. The van der Waals surface area contributed by atoms with Gasteiger partial charge in [-0.25, -0.2) is 38.2 Å².